The van der Waals surface area contributed by atoms with Gasteiger partial charge in [-0.2, -0.15) is 0 Å². The van der Waals surface area contributed by atoms with Gasteiger partial charge in [0.15, 0.2) is 0 Å². The maximum Gasteiger partial charge on any atom is 0.0771 e. The third kappa shape index (κ3) is 3.56. The summed E-state index contributed by atoms with van der Waals surface area (Å²) in [7, 11) is 0. The van der Waals surface area contributed by atoms with Gasteiger partial charge < -0.3 is 10.4 Å². The number of hydrogen-bond donors (Lipinski definition) is 2. The van der Waals surface area contributed by atoms with Gasteiger partial charge in [-0.05, 0) is 57.1 Å². The summed E-state index contributed by atoms with van der Waals surface area (Å²) in [4.78, 5) is 2.76. The van der Waals surface area contributed by atoms with Gasteiger partial charge in [0.2, 0.25) is 0 Å². The first-order valence-electron chi connectivity index (χ1n) is 6.97. The van der Waals surface area contributed by atoms with E-state index >= 15 is 0 Å². The summed E-state index contributed by atoms with van der Waals surface area (Å²) in [5, 5.41) is 13.9. The molecule has 0 radical (unpaired) electrons. The number of nitrogens with one attached hydrogen (secondary N) is 1. The summed E-state index contributed by atoms with van der Waals surface area (Å²) >= 11 is 1.85. The van der Waals surface area contributed by atoms with Crippen molar-refractivity contribution in [3.63, 3.8) is 0 Å². The normalized spacial score (nSPS) is 28.6. The van der Waals surface area contributed by atoms with E-state index in [4.69, 9.17) is 0 Å². The molecule has 1 aromatic heterocycles. The molecule has 2 nitrogen and oxygen atoms in total. The Labute approximate surface area is 114 Å². The lowest BCUT2D eigenvalue weighted by molar-refractivity contribution is -0.00630. The highest BCUT2D eigenvalue weighted by molar-refractivity contribution is 7.12. The van der Waals surface area contributed by atoms with Crippen LogP contribution >= 0.6 is 11.3 Å². The van der Waals surface area contributed by atoms with Gasteiger partial charge in [0.1, 0.15) is 0 Å². The van der Waals surface area contributed by atoms with Crippen LogP contribution in [0, 0.1) is 19.8 Å². The maximum absolute atomic E-state index is 10.5. The van der Waals surface area contributed by atoms with Crippen molar-refractivity contribution in [2.75, 3.05) is 6.54 Å². The number of rotatable bonds is 4. The molecule has 102 valence electrons. The molecular weight excluding hydrogens is 242 g/mol. The molecule has 0 bridgehead atoms. The predicted octanol–water partition coefficient (Wildman–Crippen LogP) is 3.40. The van der Waals surface area contributed by atoms with Gasteiger partial charge in [-0.15, -0.1) is 11.3 Å². The summed E-state index contributed by atoms with van der Waals surface area (Å²) in [5.74, 6) is 0.784. The van der Waals surface area contributed by atoms with Crippen molar-refractivity contribution in [1.29, 1.82) is 0 Å². The second kappa shape index (κ2) is 5.72. The zero-order valence-corrected chi connectivity index (χ0v) is 12.6. The van der Waals surface area contributed by atoms with E-state index in [-0.39, 0.29) is 0 Å². The Hall–Kier alpha value is -0.380. The van der Waals surface area contributed by atoms with Gasteiger partial charge in [-0.3, -0.25) is 0 Å². The van der Waals surface area contributed by atoms with E-state index < -0.39 is 5.60 Å². The van der Waals surface area contributed by atoms with Crippen LogP contribution < -0.4 is 5.32 Å². The third-order valence-corrected chi connectivity index (χ3v) is 5.13. The van der Waals surface area contributed by atoms with Crippen molar-refractivity contribution in [1.82, 2.24) is 5.32 Å². The highest BCUT2D eigenvalue weighted by atomic mass is 32.1. The predicted molar refractivity (Wildman–Crippen MR) is 78.1 cm³/mol. The molecular formula is C15H25NOS. The van der Waals surface area contributed by atoms with Crippen LogP contribution in [0.3, 0.4) is 0 Å². The van der Waals surface area contributed by atoms with Gasteiger partial charge in [-0.1, -0.05) is 6.92 Å². The molecule has 1 aliphatic carbocycles. The Bertz CT molecular complexity index is 391. The minimum atomic E-state index is -0.467. The average Bonchev–Trinajstić information content (AvgIpc) is 2.62. The Morgan fingerprint density at radius 1 is 1.39 bits per heavy atom. The van der Waals surface area contributed by atoms with Crippen molar-refractivity contribution in [3.8, 4) is 0 Å². The van der Waals surface area contributed by atoms with E-state index in [1.807, 2.05) is 11.3 Å². The molecule has 1 aliphatic rings. The lowest BCUT2D eigenvalue weighted by Crippen LogP contribution is -2.43. The summed E-state index contributed by atoms with van der Waals surface area (Å²) < 4.78 is 0. The molecule has 1 heterocycles. The third-order valence-electron chi connectivity index (χ3n) is 4.12. The fourth-order valence-electron chi connectivity index (χ4n) is 2.77. The second-order valence-electron chi connectivity index (χ2n) is 5.95. The average molecular weight is 267 g/mol. The van der Waals surface area contributed by atoms with Gasteiger partial charge in [0.05, 0.1) is 5.60 Å². The molecule has 1 fully saturated rings. The first-order valence-corrected chi connectivity index (χ1v) is 7.79. The molecule has 0 amide bonds. The van der Waals surface area contributed by atoms with Crippen LogP contribution in [-0.4, -0.2) is 17.3 Å². The van der Waals surface area contributed by atoms with Gasteiger partial charge in [-0.25, -0.2) is 0 Å². The van der Waals surface area contributed by atoms with Crippen LogP contribution in [0.1, 0.15) is 47.9 Å². The first kappa shape index (κ1) is 14.0. The second-order valence-corrected chi connectivity index (χ2v) is 7.41. The molecule has 0 atom stereocenters. The van der Waals surface area contributed by atoms with Crippen LogP contribution in [0.5, 0.6) is 0 Å². The van der Waals surface area contributed by atoms with Crippen molar-refractivity contribution < 1.29 is 5.11 Å². The molecule has 2 rings (SSSR count). The highest BCUT2D eigenvalue weighted by Crippen LogP contribution is 2.31. The Kier molecular flexibility index (Phi) is 4.46. The van der Waals surface area contributed by atoms with Gasteiger partial charge >= 0.3 is 0 Å². The van der Waals surface area contributed by atoms with E-state index in [0.717, 1.165) is 44.7 Å². The summed E-state index contributed by atoms with van der Waals surface area (Å²) in [5.41, 5.74) is 0.913. The largest absolute Gasteiger partial charge is 0.389 e. The van der Waals surface area contributed by atoms with Crippen LogP contribution in [-0.2, 0) is 6.54 Å². The number of thiophene rings is 1. The molecule has 0 aromatic carbocycles. The fourth-order valence-corrected chi connectivity index (χ4v) is 3.71. The van der Waals surface area contributed by atoms with E-state index in [1.54, 1.807) is 0 Å². The highest BCUT2D eigenvalue weighted by Gasteiger charge is 2.31. The van der Waals surface area contributed by atoms with E-state index in [0.29, 0.717) is 0 Å². The molecule has 1 saturated carbocycles. The van der Waals surface area contributed by atoms with Crippen LogP contribution in [0.4, 0.5) is 0 Å². The molecule has 18 heavy (non-hydrogen) atoms. The van der Waals surface area contributed by atoms with Gasteiger partial charge in [0.25, 0.3) is 0 Å². The standard InChI is InChI=1S/C15H25NOS/c1-11-4-6-15(17,7-5-11)10-16-9-14-8-12(2)18-13(14)3/h8,11,16-17H,4-7,9-10H2,1-3H3. The zero-order chi connectivity index (χ0) is 13.2. The molecule has 3 heteroatoms. The van der Waals surface area contributed by atoms with E-state index in [9.17, 15) is 5.11 Å². The van der Waals surface area contributed by atoms with Crippen molar-refractivity contribution in [2.45, 2.75) is 58.6 Å². The zero-order valence-electron chi connectivity index (χ0n) is 11.8. The van der Waals surface area contributed by atoms with Gasteiger partial charge in [0, 0.05) is 22.8 Å². The Balaban J connectivity index is 1.80. The molecule has 0 unspecified atom stereocenters. The van der Waals surface area contributed by atoms with Crippen LogP contribution in [0.15, 0.2) is 6.07 Å². The number of hydrogen-bond acceptors (Lipinski definition) is 3. The Morgan fingerprint density at radius 2 is 2.06 bits per heavy atom. The summed E-state index contributed by atoms with van der Waals surface area (Å²) in [6.45, 7) is 8.22. The molecule has 2 N–H and O–H groups in total. The fraction of sp³-hybridized carbons (Fsp3) is 0.733. The van der Waals surface area contributed by atoms with E-state index in [1.165, 1.54) is 15.3 Å². The van der Waals surface area contributed by atoms with Crippen molar-refractivity contribution in [2.24, 2.45) is 5.92 Å². The lowest BCUT2D eigenvalue weighted by Gasteiger charge is -2.35. The first-order chi connectivity index (χ1) is 8.48. The minimum absolute atomic E-state index is 0.467. The number of aryl methyl sites for hydroxylation is 2. The van der Waals surface area contributed by atoms with Crippen LogP contribution in [0.2, 0.25) is 0 Å². The molecule has 0 saturated heterocycles. The molecule has 1 aromatic rings. The minimum Gasteiger partial charge on any atom is -0.389 e. The quantitative estimate of drug-likeness (QED) is 0.876. The topological polar surface area (TPSA) is 32.3 Å². The van der Waals surface area contributed by atoms with E-state index in [2.05, 4.69) is 32.2 Å². The maximum atomic E-state index is 10.5. The van der Waals surface area contributed by atoms with Crippen molar-refractivity contribution >= 4 is 11.3 Å². The number of aliphatic hydroxyl groups is 1. The monoisotopic (exact) mass is 267 g/mol. The summed E-state index contributed by atoms with van der Waals surface area (Å²) in [6.07, 6.45) is 4.22. The van der Waals surface area contributed by atoms with Crippen LogP contribution in [0.25, 0.3) is 0 Å². The summed E-state index contributed by atoms with van der Waals surface area (Å²) in [6, 6.07) is 2.25. The Morgan fingerprint density at radius 3 is 2.61 bits per heavy atom. The molecule has 0 spiro atoms. The molecule has 0 aliphatic heterocycles. The smallest absolute Gasteiger partial charge is 0.0771 e. The van der Waals surface area contributed by atoms with Crippen molar-refractivity contribution in [3.05, 3.63) is 21.4 Å². The SMILES string of the molecule is Cc1cc(CNCC2(O)CCC(C)CC2)c(C)s1. The lowest BCUT2D eigenvalue weighted by atomic mass is 9.79.